The topological polar surface area (TPSA) is 102 Å². The lowest BCUT2D eigenvalue weighted by atomic mass is 10.0. The van der Waals surface area contributed by atoms with Crippen LogP contribution in [0.15, 0.2) is 117 Å². The fraction of sp³-hybridized carbons (Fsp3) is 0.100. The summed E-state index contributed by atoms with van der Waals surface area (Å²) in [6.45, 7) is 0. The van der Waals surface area contributed by atoms with Gasteiger partial charge in [0.25, 0.3) is 0 Å². The number of halogens is 4. The zero-order valence-corrected chi connectivity index (χ0v) is 32.4. The van der Waals surface area contributed by atoms with Crippen molar-refractivity contribution in [3.63, 3.8) is 0 Å². The van der Waals surface area contributed by atoms with Crippen LogP contribution in [0.4, 0.5) is 18.8 Å². The fourth-order valence-corrected chi connectivity index (χ4v) is 7.89. The van der Waals surface area contributed by atoms with Gasteiger partial charge in [0.2, 0.25) is 11.8 Å². The SMILES string of the molecule is O=C(CCc1ccc(F)cc1)Nc1scc(-c2ccc(Br)cc2)c1C(=O)OC(=O)c1c(-c2ccc(Br)cc2)csc1NC(=O)CCc1cccc(F)c1. The van der Waals surface area contributed by atoms with Gasteiger partial charge in [0.1, 0.15) is 32.8 Å². The van der Waals surface area contributed by atoms with Crippen molar-refractivity contribution in [3.8, 4) is 22.3 Å². The predicted molar refractivity (Wildman–Crippen MR) is 211 cm³/mol. The van der Waals surface area contributed by atoms with E-state index in [-0.39, 0.29) is 46.2 Å². The molecule has 7 nitrogen and oxygen atoms in total. The summed E-state index contributed by atoms with van der Waals surface area (Å²) in [4.78, 5) is 54.3. The molecule has 0 aliphatic carbocycles. The minimum absolute atomic E-state index is 0.0120. The third kappa shape index (κ3) is 9.79. The Labute approximate surface area is 328 Å². The molecule has 53 heavy (non-hydrogen) atoms. The molecule has 2 aromatic heterocycles. The number of nitrogens with one attached hydrogen (secondary N) is 2. The van der Waals surface area contributed by atoms with Gasteiger partial charge in [0.15, 0.2) is 0 Å². The van der Waals surface area contributed by atoms with Crippen molar-refractivity contribution in [1.29, 1.82) is 0 Å². The Morgan fingerprint density at radius 1 is 0.585 bits per heavy atom. The predicted octanol–water partition coefficient (Wildman–Crippen LogP) is 11.1. The fourth-order valence-electron chi connectivity index (χ4n) is 5.41. The van der Waals surface area contributed by atoms with Crippen LogP contribution in [0.1, 0.15) is 44.7 Å². The zero-order chi connectivity index (χ0) is 37.5. The monoisotopic (exact) mass is 876 g/mol. The van der Waals surface area contributed by atoms with E-state index in [2.05, 4.69) is 42.5 Å². The maximum absolute atomic E-state index is 14.0. The third-order valence-corrected chi connectivity index (χ3v) is 10.9. The minimum atomic E-state index is -1.00. The molecule has 0 aliphatic heterocycles. The van der Waals surface area contributed by atoms with E-state index in [4.69, 9.17) is 4.74 Å². The molecule has 0 aliphatic rings. The Morgan fingerprint density at radius 3 is 1.53 bits per heavy atom. The average molecular weight is 879 g/mol. The number of benzene rings is 4. The summed E-state index contributed by atoms with van der Waals surface area (Å²) >= 11 is 9.05. The lowest BCUT2D eigenvalue weighted by molar-refractivity contribution is -0.117. The van der Waals surface area contributed by atoms with Crippen molar-refractivity contribution in [2.75, 3.05) is 10.6 Å². The van der Waals surface area contributed by atoms with Crippen LogP contribution in [0, 0.1) is 11.6 Å². The summed E-state index contributed by atoms with van der Waals surface area (Å²) in [6.07, 6.45) is 0.668. The van der Waals surface area contributed by atoms with Gasteiger partial charge in [0, 0.05) is 43.7 Å². The van der Waals surface area contributed by atoms with Crippen molar-refractivity contribution in [1.82, 2.24) is 0 Å². The summed E-state index contributed by atoms with van der Waals surface area (Å²) < 4.78 is 34.3. The lowest BCUT2D eigenvalue weighted by Crippen LogP contribution is -2.19. The van der Waals surface area contributed by atoms with E-state index in [1.807, 2.05) is 0 Å². The van der Waals surface area contributed by atoms with Crippen LogP contribution in [0.5, 0.6) is 0 Å². The molecule has 13 heteroatoms. The van der Waals surface area contributed by atoms with Crippen LogP contribution < -0.4 is 10.6 Å². The van der Waals surface area contributed by atoms with Crippen LogP contribution in [0.3, 0.4) is 0 Å². The molecule has 0 fully saturated rings. The molecule has 4 aromatic carbocycles. The largest absolute Gasteiger partial charge is 0.386 e. The molecule has 6 rings (SSSR count). The third-order valence-electron chi connectivity index (χ3n) is 8.08. The van der Waals surface area contributed by atoms with E-state index >= 15 is 0 Å². The lowest BCUT2D eigenvalue weighted by Gasteiger charge is -2.11. The Morgan fingerprint density at radius 2 is 1.06 bits per heavy atom. The number of esters is 2. The first-order valence-electron chi connectivity index (χ1n) is 16.1. The molecule has 2 heterocycles. The second kappa shape index (κ2) is 17.3. The quantitative estimate of drug-likeness (QED) is 0.0942. The van der Waals surface area contributed by atoms with E-state index in [0.29, 0.717) is 34.2 Å². The Bertz CT molecular complexity index is 2290. The summed E-state index contributed by atoms with van der Waals surface area (Å²) in [6, 6.07) is 26.1. The molecule has 268 valence electrons. The smallest absolute Gasteiger partial charge is 0.349 e. The summed E-state index contributed by atoms with van der Waals surface area (Å²) in [7, 11) is 0. The van der Waals surface area contributed by atoms with E-state index < -0.39 is 29.6 Å². The zero-order valence-electron chi connectivity index (χ0n) is 27.6. The number of hydrogen-bond acceptors (Lipinski definition) is 7. The van der Waals surface area contributed by atoms with Crippen LogP contribution in [0.2, 0.25) is 0 Å². The van der Waals surface area contributed by atoms with Gasteiger partial charge < -0.3 is 15.4 Å². The van der Waals surface area contributed by atoms with Gasteiger partial charge in [-0.3, -0.25) is 9.59 Å². The molecular formula is C40H28Br2F2N2O5S2. The molecule has 0 atom stereocenters. The van der Waals surface area contributed by atoms with Gasteiger partial charge in [-0.15, -0.1) is 22.7 Å². The summed E-state index contributed by atoms with van der Waals surface area (Å²) in [5, 5.41) is 9.33. The molecule has 0 saturated heterocycles. The number of ether oxygens (including phenoxy) is 1. The standard InChI is InChI=1S/C40H28Br2F2N2O5S2/c41-27-12-8-25(9-13-27)31-21-52-37(45-33(47)18-6-23-4-16-29(43)17-5-23)35(31)39(49)51-40(50)36-32(26-10-14-28(42)15-11-26)22-53-38(36)46-34(48)19-7-24-2-1-3-30(44)20-24/h1-5,8-17,20-22H,6-7,18-19H2,(H,45,47)(H,46,48). The number of rotatable bonds is 12. The number of thiophene rings is 2. The van der Waals surface area contributed by atoms with Gasteiger partial charge in [0.05, 0.1) is 0 Å². The van der Waals surface area contributed by atoms with Gasteiger partial charge in [-0.25, -0.2) is 18.4 Å². The maximum atomic E-state index is 14.0. The first kappa shape index (κ1) is 37.9. The number of hydrogen-bond donors (Lipinski definition) is 2. The highest BCUT2D eigenvalue weighted by molar-refractivity contribution is 9.10. The van der Waals surface area contributed by atoms with Crippen molar-refractivity contribution >= 4 is 88.3 Å². The highest BCUT2D eigenvalue weighted by atomic mass is 79.9. The minimum Gasteiger partial charge on any atom is -0.386 e. The molecule has 0 saturated carbocycles. The molecule has 6 aromatic rings. The Hall–Kier alpha value is -4.82. The van der Waals surface area contributed by atoms with E-state index in [1.54, 1.807) is 83.6 Å². The van der Waals surface area contributed by atoms with Gasteiger partial charge in [-0.05, 0) is 83.6 Å². The van der Waals surface area contributed by atoms with E-state index in [0.717, 1.165) is 37.2 Å². The molecule has 0 bridgehead atoms. The number of aryl methyl sites for hydroxylation is 2. The van der Waals surface area contributed by atoms with Crippen molar-refractivity contribution < 1.29 is 32.7 Å². The van der Waals surface area contributed by atoms with Gasteiger partial charge in [-0.1, -0.05) is 80.4 Å². The maximum Gasteiger partial charge on any atom is 0.349 e. The van der Waals surface area contributed by atoms with Crippen molar-refractivity contribution in [2.45, 2.75) is 25.7 Å². The van der Waals surface area contributed by atoms with Gasteiger partial charge in [-0.2, -0.15) is 0 Å². The number of amides is 2. The van der Waals surface area contributed by atoms with Crippen LogP contribution in [-0.2, 0) is 27.2 Å². The average Bonchev–Trinajstić information content (AvgIpc) is 3.75. The molecular weight excluding hydrogens is 850 g/mol. The molecule has 2 amide bonds. The van der Waals surface area contributed by atoms with E-state index in [1.165, 1.54) is 24.3 Å². The first-order chi connectivity index (χ1) is 25.5. The van der Waals surface area contributed by atoms with Crippen molar-refractivity contribution in [3.05, 3.63) is 151 Å². The molecule has 0 unspecified atom stereocenters. The molecule has 2 N–H and O–H groups in total. The second-order valence-electron chi connectivity index (χ2n) is 11.8. The highest BCUT2D eigenvalue weighted by Gasteiger charge is 2.29. The van der Waals surface area contributed by atoms with Crippen LogP contribution >= 0.6 is 54.5 Å². The summed E-state index contributed by atoms with van der Waals surface area (Å²) in [5.41, 5.74) is 3.55. The van der Waals surface area contributed by atoms with Crippen LogP contribution in [0.25, 0.3) is 22.3 Å². The Kier molecular flexibility index (Phi) is 12.4. The summed E-state index contributed by atoms with van der Waals surface area (Å²) in [5.74, 6) is -3.60. The number of carbonyl (C=O) groups is 4. The molecule has 0 radical (unpaired) electrons. The normalized spacial score (nSPS) is 10.9. The van der Waals surface area contributed by atoms with Gasteiger partial charge >= 0.3 is 11.9 Å². The Balaban J connectivity index is 1.27. The van der Waals surface area contributed by atoms with Crippen LogP contribution in [-0.4, -0.2) is 23.8 Å². The van der Waals surface area contributed by atoms with E-state index in [9.17, 15) is 28.0 Å². The number of anilines is 2. The van der Waals surface area contributed by atoms with Crippen molar-refractivity contribution in [2.24, 2.45) is 0 Å². The highest BCUT2D eigenvalue weighted by Crippen LogP contribution is 2.40. The molecule has 0 spiro atoms. The second-order valence-corrected chi connectivity index (χ2v) is 15.3. The number of carbonyl (C=O) groups excluding carboxylic acids is 4. The first-order valence-corrected chi connectivity index (χ1v) is 19.5.